The summed E-state index contributed by atoms with van der Waals surface area (Å²) in [7, 11) is 0. The quantitative estimate of drug-likeness (QED) is 0.724. The summed E-state index contributed by atoms with van der Waals surface area (Å²) >= 11 is 0. The van der Waals surface area contributed by atoms with E-state index in [9.17, 15) is 9.18 Å². The molecule has 0 fully saturated rings. The molecule has 19 heavy (non-hydrogen) atoms. The normalized spacial score (nSPS) is 10.0. The van der Waals surface area contributed by atoms with Crippen molar-refractivity contribution in [2.75, 3.05) is 16.4 Å². The highest BCUT2D eigenvalue weighted by Gasteiger charge is 2.06. The van der Waals surface area contributed by atoms with Crippen LogP contribution in [-0.4, -0.2) is 6.03 Å². The average Bonchev–Trinajstić information content (AvgIpc) is 2.37. The lowest BCUT2D eigenvalue weighted by Gasteiger charge is -2.09. The second kappa shape index (κ2) is 5.39. The third-order valence-electron chi connectivity index (χ3n) is 2.65. The Hall–Kier alpha value is -2.56. The molecule has 0 aliphatic heterocycles. The van der Waals surface area contributed by atoms with Gasteiger partial charge in [-0.3, -0.25) is 0 Å². The van der Waals surface area contributed by atoms with Crippen molar-refractivity contribution in [1.29, 1.82) is 0 Å². The maximum absolute atomic E-state index is 13.3. The predicted molar refractivity (Wildman–Crippen MR) is 74.6 cm³/mol. The largest absolute Gasteiger partial charge is 0.399 e. The average molecular weight is 259 g/mol. The Labute approximate surface area is 110 Å². The Morgan fingerprint density at radius 1 is 1.16 bits per heavy atom. The van der Waals surface area contributed by atoms with Gasteiger partial charge in [0.05, 0.1) is 5.69 Å². The van der Waals surface area contributed by atoms with E-state index in [0.29, 0.717) is 11.4 Å². The Morgan fingerprint density at radius 2 is 1.89 bits per heavy atom. The first-order chi connectivity index (χ1) is 9.06. The summed E-state index contributed by atoms with van der Waals surface area (Å²) in [6.07, 6.45) is 0. The van der Waals surface area contributed by atoms with Crippen molar-refractivity contribution >= 4 is 23.1 Å². The predicted octanol–water partition coefficient (Wildman–Crippen LogP) is 3.36. The van der Waals surface area contributed by atoms with Gasteiger partial charge < -0.3 is 16.4 Å². The van der Waals surface area contributed by atoms with Gasteiger partial charge in [0.25, 0.3) is 0 Å². The highest BCUT2D eigenvalue weighted by atomic mass is 19.1. The van der Waals surface area contributed by atoms with E-state index in [0.717, 1.165) is 5.56 Å². The molecule has 5 heteroatoms. The fraction of sp³-hybridized carbons (Fsp3) is 0.0714. The first kappa shape index (κ1) is 12.9. The lowest BCUT2D eigenvalue weighted by Crippen LogP contribution is -2.20. The molecule has 2 aromatic carbocycles. The second-order valence-corrected chi connectivity index (χ2v) is 4.13. The minimum absolute atomic E-state index is 0.132. The summed E-state index contributed by atoms with van der Waals surface area (Å²) in [6, 6.07) is 10.6. The third kappa shape index (κ3) is 3.22. The molecular weight excluding hydrogens is 245 g/mol. The number of rotatable bonds is 2. The molecule has 0 heterocycles. The Morgan fingerprint density at radius 3 is 2.58 bits per heavy atom. The van der Waals surface area contributed by atoms with E-state index in [1.54, 1.807) is 30.3 Å². The van der Waals surface area contributed by atoms with Gasteiger partial charge in [-0.2, -0.15) is 0 Å². The number of halogens is 1. The number of nitrogen functional groups attached to an aromatic ring is 1. The van der Waals surface area contributed by atoms with Gasteiger partial charge in [-0.25, -0.2) is 9.18 Å². The first-order valence-corrected chi connectivity index (χ1v) is 5.75. The first-order valence-electron chi connectivity index (χ1n) is 5.75. The van der Waals surface area contributed by atoms with Crippen LogP contribution in [0.1, 0.15) is 5.56 Å². The lowest BCUT2D eigenvalue weighted by molar-refractivity contribution is 0.262. The number of urea groups is 1. The molecule has 0 radical (unpaired) electrons. The molecular formula is C14H14FN3O. The van der Waals surface area contributed by atoms with E-state index in [2.05, 4.69) is 10.6 Å². The van der Waals surface area contributed by atoms with Crippen molar-refractivity contribution in [3.63, 3.8) is 0 Å². The van der Waals surface area contributed by atoms with Crippen LogP contribution in [0.5, 0.6) is 0 Å². The van der Waals surface area contributed by atoms with Gasteiger partial charge in [0.2, 0.25) is 0 Å². The van der Waals surface area contributed by atoms with Crippen molar-refractivity contribution in [1.82, 2.24) is 0 Å². The summed E-state index contributed by atoms with van der Waals surface area (Å²) in [5, 5.41) is 5.05. The van der Waals surface area contributed by atoms with Crippen LogP contribution in [0, 0.1) is 12.7 Å². The number of carbonyl (C=O) groups excluding carboxylic acids is 1. The molecule has 2 amide bonds. The molecule has 0 aromatic heterocycles. The molecule has 0 saturated heterocycles. The molecule has 4 N–H and O–H groups in total. The standard InChI is InChI=1S/C14H14FN3O/c1-9-8-10(6-7-12(9)16)17-14(19)18-13-5-3-2-4-11(13)15/h2-8H,16H2,1H3,(H2,17,18,19). The number of benzene rings is 2. The van der Waals surface area contributed by atoms with Gasteiger partial charge in [-0.15, -0.1) is 0 Å². The van der Waals surface area contributed by atoms with E-state index in [1.165, 1.54) is 12.1 Å². The molecule has 2 aromatic rings. The van der Waals surface area contributed by atoms with Crippen LogP contribution < -0.4 is 16.4 Å². The molecule has 0 aliphatic rings. The molecule has 4 nitrogen and oxygen atoms in total. The molecule has 0 spiro atoms. The zero-order valence-electron chi connectivity index (χ0n) is 10.4. The highest BCUT2D eigenvalue weighted by Crippen LogP contribution is 2.17. The number of nitrogens with one attached hydrogen (secondary N) is 2. The van der Waals surface area contributed by atoms with Crippen molar-refractivity contribution < 1.29 is 9.18 Å². The number of carbonyl (C=O) groups is 1. The van der Waals surface area contributed by atoms with Crippen LogP contribution in [0.2, 0.25) is 0 Å². The Bertz CT molecular complexity index is 613. The summed E-state index contributed by atoms with van der Waals surface area (Å²) in [4.78, 5) is 11.7. The smallest absolute Gasteiger partial charge is 0.323 e. The molecule has 2 rings (SSSR count). The Kier molecular flexibility index (Phi) is 3.66. The van der Waals surface area contributed by atoms with Crippen LogP contribution in [0.15, 0.2) is 42.5 Å². The van der Waals surface area contributed by atoms with Crippen molar-refractivity contribution in [2.45, 2.75) is 6.92 Å². The van der Waals surface area contributed by atoms with Gasteiger partial charge in [0.1, 0.15) is 5.82 Å². The number of aryl methyl sites for hydroxylation is 1. The molecule has 0 saturated carbocycles. The number of anilines is 3. The van der Waals surface area contributed by atoms with Gasteiger partial charge in [-0.05, 0) is 42.8 Å². The van der Waals surface area contributed by atoms with E-state index < -0.39 is 11.8 Å². The molecule has 98 valence electrons. The van der Waals surface area contributed by atoms with Crippen LogP contribution in [0.4, 0.5) is 26.2 Å². The topological polar surface area (TPSA) is 67.2 Å². The van der Waals surface area contributed by atoms with E-state index in [-0.39, 0.29) is 5.69 Å². The molecule has 0 bridgehead atoms. The van der Waals surface area contributed by atoms with Gasteiger partial charge in [0, 0.05) is 11.4 Å². The summed E-state index contributed by atoms with van der Waals surface area (Å²) in [5.74, 6) is -0.480. The third-order valence-corrected chi connectivity index (χ3v) is 2.65. The van der Waals surface area contributed by atoms with Gasteiger partial charge >= 0.3 is 6.03 Å². The van der Waals surface area contributed by atoms with Gasteiger partial charge in [0.15, 0.2) is 0 Å². The minimum atomic E-state index is -0.505. The zero-order valence-corrected chi connectivity index (χ0v) is 10.4. The van der Waals surface area contributed by atoms with E-state index in [4.69, 9.17) is 5.73 Å². The SMILES string of the molecule is Cc1cc(NC(=O)Nc2ccccc2F)ccc1N. The van der Waals surface area contributed by atoms with Crippen molar-refractivity contribution in [2.24, 2.45) is 0 Å². The van der Waals surface area contributed by atoms with Crippen molar-refractivity contribution in [3.8, 4) is 0 Å². The van der Waals surface area contributed by atoms with Crippen LogP contribution in [0.25, 0.3) is 0 Å². The number of hydrogen-bond donors (Lipinski definition) is 3. The number of amides is 2. The maximum Gasteiger partial charge on any atom is 0.323 e. The lowest BCUT2D eigenvalue weighted by atomic mass is 10.2. The fourth-order valence-corrected chi connectivity index (χ4v) is 1.60. The molecule has 0 unspecified atom stereocenters. The summed E-state index contributed by atoms with van der Waals surface area (Å²) in [5.41, 5.74) is 7.93. The maximum atomic E-state index is 13.3. The zero-order chi connectivity index (χ0) is 13.8. The molecule has 0 aliphatic carbocycles. The highest BCUT2D eigenvalue weighted by molar-refractivity contribution is 5.99. The monoisotopic (exact) mass is 259 g/mol. The van der Waals surface area contributed by atoms with Crippen LogP contribution in [-0.2, 0) is 0 Å². The van der Waals surface area contributed by atoms with Crippen molar-refractivity contribution in [3.05, 3.63) is 53.8 Å². The summed E-state index contributed by atoms with van der Waals surface area (Å²) in [6.45, 7) is 1.84. The fourth-order valence-electron chi connectivity index (χ4n) is 1.60. The molecule has 0 atom stereocenters. The van der Waals surface area contributed by atoms with E-state index >= 15 is 0 Å². The minimum Gasteiger partial charge on any atom is -0.399 e. The summed E-state index contributed by atoms with van der Waals surface area (Å²) < 4.78 is 13.3. The number of nitrogens with two attached hydrogens (primary N) is 1. The van der Waals surface area contributed by atoms with Crippen LogP contribution >= 0.6 is 0 Å². The number of hydrogen-bond acceptors (Lipinski definition) is 2. The number of para-hydroxylation sites is 1. The second-order valence-electron chi connectivity index (χ2n) is 4.13. The van der Waals surface area contributed by atoms with Crippen LogP contribution in [0.3, 0.4) is 0 Å². The van der Waals surface area contributed by atoms with Gasteiger partial charge in [-0.1, -0.05) is 12.1 Å². The van der Waals surface area contributed by atoms with E-state index in [1.807, 2.05) is 6.92 Å². The Balaban J connectivity index is 2.05.